The van der Waals surface area contributed by atoms with E-state index in [1.54, 1.807) is 30.3 Å². The Morgan fingerprint density at radius 1 is 0.975 bits per heavy atom. The van der Waals surface area contributed by atoms with E-state index in [9.17, 15) is 27.9 Å². The first-order chi connectivity index (χ1) is 18.9. The molecule has 4 rings (SSSR count). The van der Waals surface area contributed by atoms with E-state index in [4.69, 9.17) is 4.42 Å². The van der Waals surface area contributed by atoms with Crippen molar-refractivity contribution in [1.82, 2.24) is 10.3 Å². The third-order valence-electron chi connectivity index (χ3n) is 6.40. The molecule has 2 aromatic carbocycles. The monoisotopic (exact) mass is 551 g/mol. The number of aliphatic carboxylic acids is 1. The lowest BCUT2D eigenvalue weighted by Gasteiger charge is -2.17. The summed E-state index contributed by atoms with van der Waals surface area (Å²) in [5, 5.41) is 15.3. The molecule has 0 saturated heterocycles. The minimum atomic E-state index is -4.44. The van der Waals surface area contributed by atoms with Crippen LogP contribution in [0.1, 0.15) is 43.7 Å². The van der Waals surface area contributed by atoms with E-state index in [1.165, 1.54) is 12.3 Å². The van der Waals surface area contributed by atoms with Crippen molar-refractivity contribution >= 4 is 17.7 Å². The minimum absolute atomic E-state index is 0.0960. The Labute approximate surface area is 229 Å². The van der Waals surface area contributed by atoms with Crippen LogP contribution in [0.25, 0.3) is 11.3 Å². The summed E-state index contributed by atoms with van der Waals surface area (Å²) in [7, 11) is 0. The van der Waals surface area contributed by atoms with Gasteiger partial charge in [-0.1, -0.05) is 42.0 Å². The lowest BCUT2D eigenvalue weighted by atomic mass is 9.98. The third-order valence-corrected chi connectivity index (χ3v) is 6.40. The molecule has 0 saturated carbocycles. The van der Waals surface area contributed by atoms with Crippen LogP contribution < -0.4 is 10.6 Å². The summed E-state index contributed by atoms with van der Waals surface area (Å²) < 4.78 is 43.7. The third kappa shape index (κ3) is 6.88. The molecule has 0 aliphatic rings. The summed E-state index contributed by atoms with van der Waals surface area (Å²) in [5.74, 6) is -0.696. The SMILES string of the molecule is Cc1cc(C)c(C(=O)N[C@@H](Cc2ccc(-c3cc(CNc4ccc(C(F)(F)F)cn4)co3)cc2)C(=O)O)c(C)c1. The van der Waals surface area contributed by atoms with Crippen LogP contribution in [0.4, 0.5) is 19.0 Å². The van der Waals surface area contributed by atoms with Crippen molar-refractivity contribution in [3.63, 3.8) is 0 Å². The van der Waals surface area contributed by atoms with Gasteiger partial charge in [0.05, 0.1) is 11.8 Å². The molecule has 3 N–H and O–H groups in total. The van der Waals surface area contributed by atoms with E-state index in [2.05, 4.69) is 15.6 Å². The smallest absolute Gasteiger partial charge is 0.417 e. The maximum atomic E-state index is 12.9. The van der Waals surface area contributed by atoms with Gasteiger partial charge in [-0.15, -0.1) is 0 Å². The zero-order valence-electron chi connectivity index (χ0n) is 22.1. The highest BCUT2D eigenvalue weighted by Crippen LogP contribution is 2.29. The number of halogens is 3. The van der Waals surface area contributed by atoms with Gasteiger partial charge in [-0.3, -0.25) is 4.79 Å². The summed E-state index contributed by atoms with van der Waals surface area (Å²) in [5.41, 5.74) is 4.48. The molecule has 2 aromatic heterocycles. The van der Waals surface area contributed by atoms with E-state index in [-0.39, 0.29) is 6.42 Å². The molecule has 1 atom stereocenters. The van der Waals surface area contributed by atoms with Crippen LogP contribution in [0, 0.1) is 20.8 Å². The predicted molar refractivity (Wildman–Crippen MR) is 144 cm³/mol. The lowest BCUT2D eigenvalue weighted by molar-refractivity contribution is -0.139. The van der Waals surface area contributed by atoms with Crippen molar-refractivity contribution in [3.05, 3.63) is 106 Å². The van der Waals surface area contributed by atoms with Gasteiger partial charge in [0.25, 0.3) is 5.91 Å². The topological polar surface area (TPSA) is 104 Å². The Kier molecular flexibility index (Phi) is 8.27. The highest BCUT2D eigenvalue weighted by molar-refractivity contribution is 5.99. The summed E-state index contributed by atoms with van der Waals surface area (Å²) in [4.78, 5) is 28.6. The molecule has 0 fully saturated rings. The highest BCUT2D eigenvalue weighted by atomic mass is 19.4. The van der Waals surface area contributed by atoms with E-state index in [1.807, 2.05) is 32.9 Å². The zero-order chi connectivity index (χ0) is 29.0. The second kappa shape index (κ2) is 11.6. The van der Waals surface area contributed by atoms with Gasteiger partial charge in [-0.25, -0.2) is 9.78 Å². The Balaban J connectivity index is 1.37. The van der Waals surface area contributed by atoms with Gasteiger partial charge in [0.1, 0.15) is 17.6 Å². The number of pyridine rings is 1. The van der Waals surface area contributed by atoms with Crippen molar-refractivity contribution < 1.29 is 32.3 Å². The number of amides is 1. The van der Waals surface area contributed by atoms with Crippen LogP contribution in [0.2, 0.25) is 0 Å². The lowest BCUT2D eigenvalue weighted by Crippen LogP contribution is -2.42. The fourth-order valence-corrected chi connectivity index (χ4v) is 4.49. The number of rotatable bonds is 9. The van der Waals surface area contributed by atoms with Crippen LogP contribution in [0.15, 0.2) is 71.5 Å². The Morgan fingerprint density at radius 3 is 2.23 bits per heavy atom. The number of carboxylic acid groups (broad SMARTS) is 1. The number of carbonyl (C=O) groups excluding carboxylic acids is 1. The molecule has 0 unspecified atom stereocenters. The van der Waals surface area contributed by atoms with Crippen molar-refractivity contribution in [3.8, 4) is 11.3 Å². The van der Waals surface area contributed by atoms with E-state index in [0.29, 0.717) is 23.7 Å². The number of carboxylic acids is 1. The van der Waals surface area contributed by atoms with E-state index < -0.39 is 29.7 Å². The molecule has 0 spiro atoms. The standard InChI is InChI=1S/C30H28F3N3O4/c1-17-10-18(2)27(19(3)11-17)28(37)36-24(29(38)39)12-20-4-6-22(7-5-20)25-13-21(16-40-25)14-34-26-9-8-23(15-35-26)30(31,32)33/h4-11,13,15-16,24H,12,14H2,1-3H3,(H,34,35)(H,36,37)(H,38,39)/t24-/m0/s1. The first kappa shape index (κ1) is 28.4. The summed E-state index contributed by atoms with van der Waals surface area (Å²) in [6, 6.07) is 13.8. The number of furan rings is 1. The molecule has 2 heterocycles. The Morgan fingerprint density at radius 2 is 1.65 bits per heavy atom. The summed E-state index contributed by atoms with van der Waals surface area (Å²) in [6.45, 7) is 5.88. The number of aromatic nitrogens is 1. The molecule has 0 radical (unpaired) electrons. The van der Waals surface area contributed by atoms with Gasteiger partial charge in [-0.05, 0) is 55.7 Å². The van der Waals surface area contributed by atoms with Crippen molar-refractivity contribution in [2.75, 3.05) is 5.32 Å². The number of carbonyl (C=O) groups is 2. The predicted octanol–water partition coefficient (Wildman–Crippen LogP) is 6.32. The first-order valence-corrected chi connectivity index (χ1v) is 12.5. The van der Waals surface area contributed by atoms with Crippen molar-refractivity contribution in [2.24, 2.45) is 0 Å². The first-order valence-electron chi connectivity index (χ1n) is 12.5. The largest absolute Gasteiger partial charge is 0.480 e. The Hall–Kier alpha value is -4.60. The number of hydrogen-bond acceptors (Lipinski definition) is 5. The quantitative estimate of drug-likeness (QED) is 0.225. The van der Waals surface area contributed by atoms with Gasteiger partial charge < -0.3 is 20.2 Å². The number of anilines is 1. The molecule has 40 heavy (non-hydrogen) atoms. The minimum Gasteiger partial charge on any atom is -0.480 e. The van der Waals surface area contributed by atoms with Gasteiger partial charge >= 0.3 is 12.1 Å². The molecule has 0 aliphatic heterocycles. The molecule has 0 aliphatic carbocycles. The number of aryl methyl sites for hydroxylation is 3. The second-order valence-electron chi connectivity index (χ2n) is 9.64. The van der Waals surface area contributed by atoms with Gasteiger partial charge in [0.15, 0.2) is 0 Å². The molecule has 7 nitrogen and oxygen atoms in total. The fourth-order valence-electron chi connectivity index (χ4n) is 4.49. The second-order valence-corrected chi connectivity index (χ2v) is 9.64. The van der Waals surface area contributed by atoms with Crippen LogP contribution in [0.3, 0.4) is 0 Å². The fraction of sp³-hybridized carbons (Fsp3) is 0.233. The van der Waals surface area contributed by atoms with Gasteiger partial charge in [-0.2, -0.15) is 13.2 Å². The zero-order valence-corrected chi connectivity index (χ0v) is 22.1. The molecule has 10 heteroatoms. The number of nitrogens with zero attached hydrogens (tertiary/aromatic N) is 1. The number of benzene rings is 2. The maximum Gasteiger partial charge on any atom is 0.417 e. The maximum absolute atomic E-state index is 12.9. The van der Waals surface area contributed by atoms with E-state index in [0.717, 1.165) is 45.6 Å². The highest BCUT2D eigenvalue weighted by Gasteiger charge is 2.30. The average Bonchev–Trinajstić information content (AvgIpc) is 3.35. The molecule has 0 bridgehead atoms. The molecular formula is C30H28F3N3O4. The summed E-state index contributed by atoms with van der Waals surface area (Å²) in [6.07, 6.45) is -2.04. The summed E-state index contributed by atoms with van der Waals surface area (Å²) >= 11 is 0. The van der Waals surface area contributed by atoms with E-state index >= 15 is 0 Å². The van der Waals surface area contributed by atoms with Gasteiger partial charge in [0, 0.05) is 35.9 Å². The normalized spacial score (nSPS) is 12.2. The van der Waals surface area contributed by atoms with Crippen molar-refractivity contribution in [1.29, 1.82) is 0 Å². The number of hydrogen-bond donors (Lipinski definition) is 3. The van der Waals surface area contributed by atoms with Crippen LogP contribution in [-0.2, 0) is 23.9 Å². The molecular weight excluding hydrogens is 523 g/mol. The molecule has 4 aromatic rings. The van der Waals surface area contributed by atoms with Crippen LogP contribution in [-0.4, -0.2) is 28.0 Å². The molecule has 208 valence electrons. The number of alkyl halides is 3. The molecule has 1 amide bonds. The Bertz CT molecular complexity index is 1490. The van der Waals surface area contributed by atoms with Crippen LogP contribution >= 0.6 is 0 Å². The van der Waals surface area contributed by atoms with Gasteiger partial charge in [0.2, 0.25) is 0 Å². The van der Waals surface area contributed by atoms with Crippen molar-refractivity contribution in [2.45, 2.75) is 46.0 Å². The number of nitrogens with one attached hydrogen (secondary N) is 2. The van der Waals surface area contributed by atoms with Crippen LogP contribution in [0.5, 0.6) is 0 Å². The average molecular weight is 552 g/mol.